The molecule has 0 aliphatic heterocycles. The van der Waals surface area contributed by atoms with Crippen LogP contribution in [0.2, 0.25) is 0 Å². The Hall–Kier alpha value is -2.76. The molecule has 110 valence electrons. The van der Waals surface area contributed by atoms with Gasteiger partial charge in [-0.3, -0.25) is 10.1 Å². The Kier molecular flexibility index (Phi) is 4.61. The van der Waals surface area contributed by atoms with E-state index in [1.54, 1.807) is 37.4 Å². The number of nitro benzene ring substituents is 1. The molecule has 0 N–H and O–H groups in total. The first-order valence-corrected chi connectivity index (χ1v) is 6.22. The molecule has 0 atom stereocenters. The van der Waals surface area contributed by atoms with Gasteiger partial charge in [0.05, 0.1) is 19.1 Å². The minimum atomic E-state index is -0.448. The first kappa shape index (κ1) is 14.6. The standard InChI is InChI=1S/C15H15NO5/c1-19-13-4-6-14(7-5-13)21-10-11-9-12(16(17)18)3-8-15(11)20-2/h3-9H,10H2,1-2H3. The molecule has 0 unspecified atom stereocenters. The summed E-state index contributed by atoms with van der Waals surface area (Å²) in [5, 5.41) is 10.8. The van der Waals surface area contributed by atoms with Gasteiger partial charge in [0.15, 0.2) is 0 Å². The van der Waals surface area contributed by atoms with Gasteiger partial charge in [-0.05, 0) is 30.3 Å². The largest absolute Gasteiger partial charge is 0.497 e. The van der Waals surface area contributed by atoms with Crippen molar-refractivity contribution in [2.24, 2.45) is 0 Å². The van der Waals surface area contributed by atoms with Gasteiger partial charge in [0.2, 0.25) is 0 Å². The van der Waals surface area contributed by atoms with Gasteiger partial charge in [-0.1, -0.05) is 0 Å². The molecule has 0 amide bonds. The number of hydrogen-bond donors (Lipinski definition) is 0. The molecule has 2 aromatic carbocycles. The summed E-state index contributed by atoms with van der Waals surface area (Å²) < 4.78 is 15.9. The number of nitro groups is 1. The van der Waals surface area contributed by atoms with E-state index in [4.69, 9.17) is 14.2 Å². The van der Waals surface area contributed by atoms with Crippen LogP contribution in [0.15, 0.2) is 42.5 Å². The summed E-state index contributed by atoms with van der Waals surface area (Å²) in [6.07, 6.45) is 0. The van der Waals surface area contributed by atoms with E-state index in [9.17, 15) is 10.1 Å². The van der Waals surface area contributed by atoms with Gasteiger partial charge in [0.1, 0.15) is 23.9 Å². The van der Waals surface area contributed by atoms with Crippen molar-refractivity contribution in [3.63, 3.8) is 0 Å². The summed E-state index contributed by atoms with van der Waals surface area (Å²) in [4.78, 5) is 10.4. The number of nitrogens with zero attached hydrogens (tertiary/aromatic N) is 1. The van der Waals surface area contributed by atoms with Gasteiger partial charge in [-0.15, -0.1) is 0 Å². The molecule has 6 heteroatoms. The van der Waals surface area contributed by atoms with Crippen molar-refractivity contribution in [1.82, 2.24) is 0 Å². The lowest BCUT2D eigenvalue weighted by Crippen LogP contribution is -2.00. The highest BCUT2D eigenvalue weighted by Crippen LogP contribution is 2.26. The first-order chi connectivity index (χ1) is 10.1. The van der Waals surface area contributed by atoms with E-state index in [2.05, 4.69) is 0 Å². The lowest BCUT2D eigenvalue weighted by molar-refractivity contribution is -0.385. The topological polar surface area (TPSA) is 70.8 Å². The SMILES string of the molecule is COc1ccc(OCc2cc([N+](=O)[O-])ccc2OC)cc1. The molecule has 0 saturated heterocycles. The Labute approximate surface area is 122 Å². The minimum Gasteiger partial charge on any atom is -0.497 e. The molecule has 6 nitrogen and oxygen atoms in total. The molecule has 0 heterocycles. The number of rotatable bonds is 6. The zero-order valence-corrected chi connectivity index (χ0v) is 11.7. The van der Waals surface area contributed by atoms with E-state index in [0.29, 0.717) is 17.1 Å². The number of non-ortho nitro benzene ring substituents is 1. The maximum atomic E-state index is 10.8. The second-order valence-electron chi connectivity index (χ2n) is 4.22. The van der Waals surface area contributed by atoms with Crippen molar-refractivity contribution >= 4 is 5.69 Å². The number of ether oxygens (including phenoxy) is 3. The molecule has 0 spiro atoms. The molecule has 21 heavy (non-hydrogen) atoms. The van der Waals surface area contributed by atoms with Crippen LogP contribution in [-0.4, -0.2) is 19.1 Å². The van der Waals surface area contributed by atoms with Crippen LogP contribution in [0.5, 0.6) is 17.2 Å². The molecule has 0 aromatic heterocycles. The highest BCUT2D eigenvalue weighted by molar-refractivity contribution is 5.43. The van der Waals surface area contributed by atoms with Crippen LogP contribution < -0.4 is 14.2 Å². The van der Waals surface area contributed by atoms with Crippen molar-refractivity contribution in [1.29, 1.82) is 0 Å². The fraction of sp³-hybridized carbons (Fsp3) is 0.200. The van der Waals surface area contributed by atoms with Crippen molar-refractivity contribution in [3.05, 3.63) is 58.1 Å². The van der Waals surface area contributed by atoms with Crippen molar-refractivity contribution in [2.45, 2.75) is 6.61 Å². The minimum absolute atomic E-state index is 0.00382. The smallest absolute Gasteiger partial charge is 0.270 e. The Bertz CT molecular complexity index is 624. The first-order valence-electron chi connectivity index (χ1n) is 6.22. The summed E-state index contributed by atoms with van der Waals surface area (Å²) in [5.74, 6) is 1.92. The molecular weight excluding hydrogens is 274 g/mol. The van der Waals surface area contributed by atoms with Crippen molar-refractivity contribution < 1.29 is 19.1 Å². The highest BCUT2D eigenvalue weighted by Gasteiger charge is 2.11. The van der Waals surface area contributed by atoms with Crippen LogP contribution in [-0.2, 0) is 6.61 Å². The van der Waals surface area contributed by atoms with E-state index < -0.39 is 4.92 Å². The summed E-state index contributed by atoms with van der Waals surface area (Å²) in [7, 11) is 3.10. The summed E-state index contributed by atoms with van der Waals surface area (Å²) >= 11 is 0. The average Bonchev–Trinajstić information content (AvgIpc) is 2.53. The molecule has 0 bridgehead atoms. The molecular formula is C15H15NO5. The van der Waals surface area contributed by atoms with Crippen molar-refractivity contribution in [3.8, 4) is 17.2 Å². The Morgan fingerprint density at radius 2 is 1.67 bits per heavy atom. The Morgan fingerprint density at radius 3 is 2.24 bits per heavy atom. The lowest BCUT2D eigenvalue weighted by Gasteiger charge is -2.10. The number of benzene rings is 2. The van der Waals surface area contributed by atoms with Crippen LogP contribution in [0, 0.1) is 10.1 Å². The van der Waals surface area contributed by atoms with Crippen LogP contribution in [0.25, 0.3) is 0 Å². The molecule has 0 radical (unpaired) electrons. The summed E-state index contributed by atoms with van der Waals surface area (Å²) in [5.41, 5.74) is 0.617. The van der Waals surface area contributed by atoms with E-state index in [1.165, 1.54) is 19.2 Å². The fourth-order valence-corrected chi connectivity index (χ4v) is 1.82. The maximum absolute atomic E-state index is 10.8. The van der Waals surface area contributed by atoms with Gasteiger partial charge < -0.3 is 14.2 Å². The quantitative estimate of drug-likeness (QED) is 0.603. The number of hydrogen-bond acceptors (Lipinski definition) is 5. The van der Waals surface area contributed by atoms with Crippen LogP contribution in [0.1, 0.15) is 5.56 Å². The lowest BCUT2D eigenvalue weighted by atomic mass is 10.2. The van der Waals surface area contributed by atoms with Gasteiger partial charge >= 0.3 is 0 Å². The molecule has 2 rings (SSSR count). The molecule has 0 fully saturated rings. The van der Waals surface area contributed by atoms with E-state index in [0.717, 1.165) is 5.75 Å². The van der Waals surface area contributed by atoms with E-state index in [-0.39, 0.29) is 12.3 Å². The van der Waals surface area contributed by atoms with Gasteiger partial charge in [-0.25, -0.2) is 0 Å². The zero-order chi connectivity index (χ0) is 15.2. The van der Waals surface area contributed by atoms with Crippen LogP contribution in [0.4, 0.5) is 5.69 Å². The normalized spacial score (nSPS) is 10.0. The highest BCUT2D eigenvalue weighted by atomic mass is 16.6. The maximum Gasteiger partial charge on any atom is 0.270 e. The molecule has 0 saturated carbocycles. The van der Waals surface area contributed by atoms with Crippen LogP contribution in [0.3, 0.4) is 0 Å². The predicted molar refractivity (Wildman–Crippen MR) is 77.0 cm³/mol. The molecule has 0 aliphatic rings. The monoisotopic (exact) mass is 289 g/mol. The molecule has 2 aromatic rings. The van der Waals surface area contributed by atoms with E-state index >= 15 is 0 Å². The second kappa shape index (κ2) is 6.60. The second-order valence-corrected chi connectivity index (χ2v) is 4.22. The Balaban J connectivity index is 2.13. The van der Waals surface area contributed by atoms with Gasteiger partial charge in [-0.2, -0.15) is 0 Å². The van der Waals surface area contributed by atoms with Crippen molar-refractivity contribution in [2.75, 3.05) is 14.2 Å². The third-order valence-corrected chi connectivity index (χ3v) is 2.93. The summed E-state index contributed by atoms with van der Waals surface area (Å²) in [6.45, 7) is 0.178. The third-order valence-electron chi connectivity index (χ3n) is 2.93. The van der Waals surface area contributed by atoms with Crippen LogP contribution >= 0.6 is 0 Å². The third kappa shape index (κ3) is 3.62. The number of methoxy groups -OCH3 is 2. The molecule has 0 aliphatic carbocycles. The predicted octanol–water partition coefficient (Wildman–Crippen LogP) is 3.19. The summed E-state index contributed by atoms with van der Waals surface area (Å²) in [6, 6.07) is 11.5. The van der Waals surface area contributed by atoms with E-state index in [1.807, 2.05) is 0 Å². The fourth-order valence-electron chi connectivity index (χ4n) is 1.82. The average molecular weight is 289 g/mol. The van der Waals surface area contributed by atoms with Gasteiger partial charge in [0, 0.05) is 17.7 Å². The Morgan fingerprint density at radius 1 is 1.00 bits per heavy atom. The zero-order valence-electron chi connectivity index (χ0n) is 11.7. The van der Waals surface area contributed by atoms with Gasteiger partial charge in [0.25, 0.3) is 5.69 Å².